The molecule has 2 amide bonds. The second-order valence-electron chi connectivity index (χ2n) is 4.57. The van der Waals surface area contributed by atoms with Gasteiger partial charge < -0.3 is 5.32 Å². The number of nitrogens with zero attached hydrogens (tertiary/aromatic N) is 1. The Hall–Kier alpha value is -1.34. The van der Waals surface area contributed by atoms with Gasteiger partial charge in [0.05, 0.1) is 12.5 Å². The van der Waals surface area contributed by atoms with Crippen LogP contribution in [-0.2, 0) is 9.59 Å². The molecular formula is C12H16N2O2. The van der Waals surface area contributed by atoms with Crippen molar-refractivity contribution >= 4 is 11.8 Å². The number of carbonyl (C=O) groups is 2. The average Bonchev–Trinajstić information content (AvgIpc) is 2.97. The van der Waals surface area contributed by atoms with Crippen molar-refractivity contribution in [2.75, 3.05) is 0 Å². The molecule has 86 valence electrons. The molecule has 1 saturated heterocycles. The summed E-state index contributed by atoms with van der Waals surface area (Å²) < 4.78 is 0. The van der Waals surface area contributed by atoms with E-state index in [0.29, 0.717) is 6.42 Å². The number of hydrogen-bond donors (Lipinski definition) is 1. The summed E-state index contributed by atoms with van der Waals surface area (Å²) in [6, 6.07) is -0.114. The second-order valence-corrected chi connectivity index (χ2v) is 4.57. The first-order valence-electron chi connectivity index (χ1n) is 5.69. The minimum atomic E-state index is -0.364. The minimum absolute atomic E-state index is 0.0436. The van der Waals surface area contributed by atoms with Gasteiger partial charge in [0, 0.05) is 18.5 Å². The van der Waals surface area contributed by atoms with E-state index in [2.05, 4.69) is 11.2 Å². The SMILES string of the molecule is C#CCC(C)NC1CC(=O)N(C2CC2)C1=O. The van der Waals surface area contributed by atoms with Crippen LogP contribution in [0.2, 0.25) is 0 Å². The molecule has 0 radical (unpaired) electrons. The van der Waals surface area contributed by atoms with Gasteiger partial charge in [0.25, 0.3) is 0 Å². The molecule has 0 aromatic heterocycles. The van der Waals surface area contributed by atoms with Gasteiger partial charge in [-0.3, -0.25) is 14.5 Å². The average molecular weight is 220 g/mol. The molecule has 1 saturated carbocycles. The van der Waals surface area contributed by atoms with Crippen LogP contribution in [0, 0.1) is 12.3 Å². The van der Waals surface area contributed by atoms with Crippen molar-refractivity contribution in [1.82, 2.24) is 10.2 Å². The van der Waals surface area contributed by atoms with Crippen molar-refractivity contribution in [1.29, 1.82) is 0 Å². The molecular weight excluding hydrogens is 204 g/mol. The van der Waals surface area contributed by atoms with Crippen LogP contribution in [0.4, 0.5) is 0 Å². The maximum atomic E-state index is 11.9. The summed E-state index contributed by atoms with van der Waals surface area (Å²) in [6.07, 6.45) is 7.98. The molecule has 1 heterocycles. The molecule has 4 nitrogen and oxygen atoms in total. The summed E-state index contributed by atoms with van der Waals surface area (Å²) in [7, 11) is 0. The summed E-state index contributed by atoms with van der Waals surface area (Å²) in [6.45, 7) is 1.93. The van der Waals surface area contributed by atoms with Crippen LogP contribution in [0.1, 0.15) is 32.6 Å². The first kappa shape index (κ1) is 11.2. The van der Waals surface area contributed by atoms with Crippen LogP contribution >= 0.6 is 0 Å². The molecule has 0 aromatic carbocycles. The molecule has 2 fully saturated rings. The number of hydrogen-bond acceptors (Lipinski definition) is 3. The van der Waals surface area contributed by atoms with Gasteiger partial charge in [0.1, 0.15) is 0 Å². The van der Waals surface area contributed by atoms with Crippen molar-refractivity contribution < 1.29 is 9.59 Å². The van der Waals surface area contributed by atoms with E-state index < -0.39 is 0 Å². The quantitative estimate of drug-likeness (QED) is 0.547. The topological polar surface area (TPSA) is 49.4 Å². The molecule has 0 spiro atoms. The number of imide groups is 1. The summed E-state index contributed by atoms with van der Waals surface area (Å²) in [5.74, 6) is 2.43. The number of amides is 2. The zero-order valence-corrected chi connectivity index (χ0v) is 9.40. The van der Waals surface area contributed by atoms with Crippen molar-refractivity contribution in [2.45, 2.75) is 50.7 Å². The lowest BCUT2D eigenvalue weighted by atomic mass is 10.2. The van der Waals surface area contributed by atoms with Crippen molar-refractivity contribution in [2.24, 2.45) is 0 Å². The van der Waals surface area contributed by atoms with Gasteiger partial charge in [-0.15, -0.1) is 12.3 Å². The first-order chi connectivity index (χ1) is 7.63. The Morgan fingerprint density at radius 3 is 2.81 bits per heavy atom. The van der Waals surface area contributed by atoms with E-state index >= 15 is 0 Å². The van der Waals surface area contributed by atoms with Gasteiger partial charge in [-0.1, -0.05) is 0 Å². The summed E-state index contributed by atoms with van der Waals surface area (Å²) in [4.78, 5) is 25.0. The number of nitrogens with one attached hydrogen (secondary N) is 1. The largest absolute Gasteiger partial charge is 0.302 e. The predicted molar refractivity (Wildman–Crippen MR) is 59.3 cm³/mol. The Balaban J connectivity index is 1.95. The maximum absolute atomic E-state index is 11.9. The molecule has 0 bridgehead atoms. The second kappa shape index (κ2) is 4.26. The Labute approximate surface area is 95.4 Å². The lowest BCUT2D eigenvalue weighted by molar-refractivity contribution is -0.139. The van der Waals surface area contributed by atoms with E-state index in [9.17, 15) is 9.59 Å². The van der Waals surface area contributed by atoms with Gasteiger partial charge in [-0.25, -0.2) is 0 Å². The van der Waals surface area contributed by atoms with Gasteiger partial charge in [-0.05, 0) is 19.8 Å². The smallest absolute Gasteiger partial charge is 0.247 e. The molecule has 2 rings (SSSR count). The number of likely N-dealkylation sites (tertiary alicyclic amines) is 1. The number of terminal acetylenes is 1. The van der Waals surface area contributed by atoms with Gasteiger partial charge in [-0.2, -0.15) is 0 Å². The van der Waals surface area contributed by atoms with Crippen LogP contribution in [0.15, 0.2) is 0 Å². The summed E-state index contributed by atoms with van der Waals surface area (Å²) in [5, 5.41) is 3.12. The standard InChI is InChI=1S/C12H16N2O2/c1-3-4-8(2)13-10-7-11(15)14(12(10)16)9-5-6-9/h1,8-10,13H,4-7H2,2H3. The fraction of sp³-hybridized carbons (Fsp3) is 0.667. The normalized spacial score (nSPS) is 27.0. The molecule has 2 atom stereocenters. The first-order valence-corrected chi connectivity index (χ1v) is 5.69. The minimum Gasteiger partial charge on any atom is -0.302 e. The third-order valence-electron chi connectivity index (χ3n) is 3.00. The predicted octanol–water partition coefficient (Wildman–Crippen LogP) is 0.278. The van der Waals surface area contributed by atoms with Crippen LogP contribution in [-0.4, -0.2) is 34.8 Å². The molecule has 1 aliphatic carbocycles. The molecule has 1 aliphatic heterocycles. The van der Waals surface area contributed by atoms with Crippen LogP contribution in [0.5, 0.6) is 0 Å². The zero-order valence-electron chi connectivity index (χ0n) is 9.40. The van der Waals surface area contributed by atoms with Crippen LogP contribution in [0.25, 0.3) is 0 Å². The fourth-order valence-electron chi connectivity index (χ4n) is 2.08. The molecule has 2 unspecified atom stereocenters. The maximum Gasteiger partial charge on any atom is 0.247 e. The zero-order chi connectivity index (χ0) is 11.7. The molecule has 4 heteroatoms. The van der Waals surface area contributed by atoms with Crippen molar-refractivity contribution in [3.05, 3.63) is 0 Å². The Morgan fingerprint density at radius 2 is 2.25 bits per heavy atom. The van der Waals surface area contributed by atoms with Crippen molar-refractivity contribution in [3.8, 4) is 12.3 Å². The van der Waals surface area contributed by atoms with E-state index in [1.54, 1.807) is 0 Å². The molecule has 2 aliphatic rings. The van der Waals surface area contributed by atoms with Gasteiger partial charge in [0.15, 0.2) is 0 Å². The molecule has 0 aromatic rings. The van der Waals surface area contributed by atoms with E-state index in [4.69, 9.17) is 6.42 Å². The van der Waals surface area contributed by atoms with Crippen molar-refractivity contribution in [3.63, 3.8) is 0 Å². The lowest BCUT2D eigenvalue weighted by Gasteiger charge is -2.17. The Morgan fingerprint density at radius 1 is 1.56 bits per heavy atom. The van der Waals surface area contributed by atoms with Crippen LogP contribution in [0.3, 0.4) is 0 Å². The highest BCUT2D eigenvalue weighted by molar-refractivity contribution is 6.06. The van der Waals surface area contributed by atoms with E-state index in [-0.39, 0.29) is 36.4 Å². The molecule has 1 N–H and O–H groups in total. The molecule has 16 heavy (non-hydrogen) atoms. The highest BCUT2D eigenvalue weighted by Gasteiger charge is 2.46. The number of rotatable bonds is 4. The Bertz CT molecular complexity index is 355. The fourth-order valence-corrected chi connectivity index (χ4v) is 2.08. The van der Waals surface area contributed by atoms with Gasteiger partial charge >= 0.3 is 0 Å². The Kier molecular flexibility index (Phi) is 2.97. The van der Waals surface area contributed by atoms with Gasteiger partial charge in [0.2, 0.25) is 11.8 Å². The third-order valence-corrected chi connectivity index (χ3v) is 3.00. The summed E-state index contributed by atoms with van der Waals surface area (Å²) in [5.41, 5.74) is 0. The van der Waals surface area contributed by atoms with E-state index in [1.807, 2.05) is 6.92 Å². The third kappa shape index (κ3) is 2.10. The lowest BCUT2D eigenvalue weighted by Crippen LogP contribution is -2.43. The van der Waals surface area contributed by atoms with E-state index in [0.717, 1.165) is 12.8 Å². The monoisotopic (exact) mass is 220 g/mol. The number of carbonyl (C=O) groups excluding carboxylic acids is 2. The highest BCUT2D eigenvalue weighted by atomic mass is 16.2. The van der Waals surface area contributed by atoms with Crippen LogP contribution < -0.4 is 5.32 Å². The van der Waals surface area contributed by atoms with E-state index in [1.165, 1.54) is 4.90 Å². The summed E-state index contributed by atoms with van der Waals surface area (Å²) >= 11 is 0. The highest BCUT2D eigenvalue weighted by Crippen LogP contribution is 2.31.